The molecular weight excluding hydrogens is 409 g/mol. The Kier molecular flexibility index (Phi) is 6.16. The molecule has 1 amide bonds. The zero-order valence-electron chi connectivity index (χ0n) is 14.2. The van der Waals surface area contributed by atoms with Gasteiger partial charge in [-0.1, -0.05) is 35.3 Å². The molecule has 0 bridgehead atoms. The van der Waals surface area contributed by atoms with E-state index in [9.17, 15) is 13.2 Å². The van der Waals surface area contributed by atoms with Crippen LogP contribution in [0.4, 0.5) is 0 Å². The number of benzene rings is 2. The third-order valence-corrected chi connectivity index (χ3v) is 6.76. The van der Waals surface area contributed by atoms with Gasteiger partial charge < -0.3 is 0 Å². The van der Waals surface area contributed by atoms with E-state index < -0.39 is 15.9 Å². The van der Waals surface area contributed by atoms with E-state index >= 15 is 0 Å². The lowest BCUT2D eigenvalue weighted by Crippen LogP contribution is -2.28. The standard InChI is InChI=1S/C18H17Cl2N3O3S/c19-16-7-6-13(10-17(16)20)12-21-22-18(24)14-4-3-5-15(11-14)27(25,26)23-8-1-2-9-23/h3-7,10-12H,1-2,8-9H2,(H,22,24)/b21-12+. The van der Waals surface area contributed by atoms with Crippen LogP contribution in [0.25, 0.3) is 0 Å². The lowest BCUT2D eigenvalue weighted by molar-refractivity contribution is 0.0955. The maximum atomic E-state index is 12.6. The first-order chi connectivity index (χ1) is 12.9. The highest BCUT2D eigenvalue weighted by molar-refractivity contribution is 7.89. The lowest BCUT2D eigenvalue weighted by Gasteiger charge is -2.15. The Morgan fingerprint density at radius 1 is 1.07 bits per heavy atom. The second kappa shape index (κ2) is 8.39. The minimum absolute atomic E-state index is 0.102. The molecule has 6 nitrogen and oxygen atoms in total. The summed E-state index contributed by atoms with van der Waals surface area (Å²) in [5.41, 5.74) is 3.25. The highest BCUT2D eigenvalue weighted by atomic mass is 35.5. The van der Waals surface area contributed by atoms with Gasteiger partial charge in [-0.3, -0.25) is 4.79 Å². The number of hydrazone groups is 1. The van der Waals surface area contributed by atoms with Crippen LogP contribution in [0.1, 0.15) is 28.8 Å². The van der Waals surface area contributed by atoms with Crippen LogP contribution in [0.3, 0.4) is 0 Å². The molecule has 0 aromatic heterocycles. The van der Waals surface area contributed by atoms with Crippen LogP contribution in [0.2, 0.25) is 10.0 Å². The van der Waals surface area contributed by atoms with Gasteiger partial charge in [0.15, 0.2) is 0 Å². The van der Waals surface area contributed by atoms with Gasteiger partial charge in [-0.25, -0.2) is 13.8 Å². The molecule has 1 heterocycles. The Hall–Kier alpha value is -1.93. The Balaban J connectivity index is 1.71. The zero-order valence-corrected chi connectivity index (χ0v) is 16.6. The molecule has 2 aromatic carbocycles. The number of nitrogens with zero attached hydrogens (tertiary/aromatic N) is 2. The van der Waals surface area contributed by atoms with Crippen molar-refractivity contribution in [1.82, 2.24) is 9.73 Å². The molecule has 0 saturated carbocycles. The Labute approximate surface area is 167 Å². The van der Waals surface area contributed by atoms with Gasteiger partial charge in [-0.2, -0.15) is 9.41 Å². The molecule has 0 aliphatic carbocycles. The third kappa shape index (κ3) is 4.68. The minimum atomic E-state index is -3.58. The summed E-state index contributed by atoms with van der Waals surface area (Å²) in [5.74, 6) is -0.509. The average Bonchev–Trinajstić information content (AvgIpc) is 3.20. The number of halogens is 2. The number of carbonyl (C=O) groups excluding carboxylic acids is 1. The number of rotatable bonds is 5. The van der Waals surface area contributed by atoms with Crippen LogP contribution in [0.15, 0.2) is 52.5 Å². The van der Waals surface area contributed by atoms with Gasteiger partial charge in [0.25, 0.3) is 5.91 Å². The predicted octanol–water partition coefficient (Wildman–Crippen LogP) is 3.54. The van der Waals surface area contributed by atoms with Gasteiger partial charge in [0.1, 0.15) is 0 Å². The lowest BCUT2D eigenvalue weighted by atomic mass is 10.2. The fourth-order valence-corrected chi connectivity index (χ4v) is 4.57. The number of amides is 1. The number of hydrogen-bond acceptors (Lipinski definition) is 4. The number of nitrogens with one attached hydrogen (secondary N) is 1. The fourth-order valence-electron chi connectivity index (χ4n) is 2.70. The molecule has 0 atom stereocenters. The molecule has 1 aliphatic rings. The average molecular weight is 426 g/mol. The van der Waals surface area contributed by atoms with Crippen molar-refractivity contribution in [2.75, 3.05) is 13.1 Å². The topological polar surface area (TPSA) is 78.8 Å². The first-order valence-corrected chi connectivity index (χ1v) is 10.5. The summed E-state index contributed by atoms with van der Waals surface area (Å²) in [5, 5.41) is 4.68. The Bertz CT molecular complexity index is 987. The summed E-state index contributed by atoms with van der Waals surface area (Å²) >= 11 is 11.8. The monoisotopic (exact) mass is 425 g/mol. The second-order valence-electron chi connectivity index (χ2n) is 6.01. The van der Waals surface area contributed by atoms with Gasteiger partial charge in [0.2, 0.25) is 10.0 Å². The van der Waals surface area contributed by atoms with Crippen molar-refractivity contribution in [2.24, 2.45) is 5.10 Å². The normalized spacial score (nSPS) is 15.3. The first-order valence-electron chi connectivity index (χ1n) is 8.26. The molecule has 27 heavy (non-hydrogen) atoms. The molecule has 0 radical (unpaired) electrons. The minimum Gasteiger partial charge on any atom is -0.267 e. The molecule has 2 aromatic rings. The molecule has 9 heteroatoms. The predicted molar refractivity (Wildman–Crippen MR) is 106 cm³/mol. The first kappa shape index (κ1) is 19.8. The SMILES string of the molecule is O=C(N/N=C/c1ccc(Cl)c(Cl)c1)c1cccc(S(=O)(=O)N2CCCC2)c1. The van der Waals surface area contributed by atoms with Crippen LogP contribution in [0.5, 0.6) is 0 Å². The van der Waals surface area contributed by atoms with Crippen molar-refractivity contribution >= 4 is 45.3 Å². The largest absolute Gasteiger partial charge is 0.271 e. The van der Waals surface area contributed by atoms with E-state index in [1.165, 1.54) is 28.7 Å². The smallest absolute Gasteiger partial charge is 0.267 e. The van der Waals surface area contributed by atoms with Crippen LogP contribution < -0.4 is 5.43 Å². The molecule has 3 rings (SSSR count). The van der Waals surface area contributed by atoms with Crippen molar-refractivity contribution in [2.45, 2.75) is 17.7 Å². The van der Waals surface area contributed by atoms with Gasteiger partial charge in [-0.05, 0) is 48.7 Å². The van der Waals surface area contributed by atoms with Crippen molar-refractivity contribution in [3.05, 3.63) is 63.6 Å². The molecule has 1 aliphatic heterocycles. The van der Waals surface area contributed by atoms with Gasteiger partial charge in [0.05, 0.1) is 21.2 Å². The van der Waals surface area contributed by atoms with Gasteiger partial charge in [-0.15, -0.1) is 0 Å². The van der Waals surface area contributed by atoms with E-state index in [1.807, 2.05) is 0 Å². The molecular formula is C18H17Cl2N3O3S. The molecule has 142 valence electrons. The Morgan fingerprint density at radius 3 is 2.52 bits per heavy atom. The molecule has 0 spiro atoms. The van der Waals surface area contributed by atoms with E-state index in [0.717, 1.165) is 12.8 Å². The van der Waals surface area contributed by atoms with Crippen molar-refractivity contribution in [3.63, 3.8) is 0 Å². The molecule has 1 N–H and O–H groups in total. The summed E-state index contributed by atoms with van der Waals surface area (Å²) in [6.07, 6.45) is 3.12. The number of hydrogen-bond donors (Lipinski definition) is 1. The summed E-state index contributed by atoms with van der Waals surface area (Å²) in [6.45, 7) is 1.01. The van der Waals surface area contributed by atoms with Crippen molar-refractivity contribution in [3.8, 4) is 0 Å². The Morgan fingerprint density at radius 2 is 1.81 bits per heavy atom. The van der Waals surface area contributed by atoms with Crippen LogP contribution in [0, 0.1) is 0 Å². The maximum absolute atomic E-state index is 12.6. The maximum Gasteiger partial charge on any atom is 0.271 e. The summed E-state index contributed by atoms with van der Waals surface area (Å²) in [7, 11) is -3.58. The van der Waals surface area contributed by atoms with Crippen molar-refractivity contribution in [1.29, 1.82) is 0 Å². The van der Waals surface area contributed by atoms with Crippen molar-refractivity contribution < 1.29 is 13.2 Å². The number of sulfonamides is 1. The highest BCUT2D eigenvalue weighted by Crippen LogP contribution is 2.22. The second-order valence-corrected chi connectivity index (χ2v) is 8.76. The molecule has 1 saturated heterocycles. The summed E-state index contributed by atoms with van der Waals surface area (Å²) in [4.78, 5) is 12.4. The van der Waals surface area contributed by atoms with Crippen LogP contribution in [-0.4, -0.2) is 37.9 Å². The third-order valence-electron chi connectivity index (χ3n) is 4.12. The fraction of sp³-hybridized carbons (Fsp3) is 0.222. The van der Waals surface area contributed by atoms with E-state index in [2.05, 4.69) is 10.5 Å². The molecule has 1 fully saturated rings. The van der Waals surface area contributed by atoms with Gasteiger partial charge in [0, 0.05) is 18.7 Å². The highest BCUT2D eigenvalue weighted by Gasteiger charge is 2.27. The van der Waals surface area contributed by atoms with Crippen LogP contribution in [-0.2, 0) is 10.0 Å². The van der Waals surface area contributed by atoms with E-state index in [4.69, 9.17) is 23.2 Å². The quantitative estimate of drug-likeness (QED) is 0.587. The number of carbonyl (C=O) groups is 1. The zero-order chi connectivity index (χ0) is 19.4. The van der Waals surface area contributed by atoms with Crippen LogP contribution >= 0.6 is 23.2 Å². The summed E-state index contributed by atoms with van der Waals surface area (Å²) < 4.78 is 26.7. The van der Waals surface area contributed by atoms with Gasteiger partial charge >= 0.3 is 0 Å². The van der Waals surface area contributed by atoms with E-state index in [1.54, 1.807) is 24.3 Å². The summed E-state index contributed by atoms with van der Waals surface area (Å²) in [6, 6.07) is 10.9. The van der Waals surface area contributed by atoms with E-state index in [-0.39, 0.29) is 10.5 Å². The van der Waals surface area contributed by atoms with E-state index in [0.29, 0.717) is 28.7 Å². The molecule has 0 unspecified atom stereocenters.